The maximum atomic E-state index is 10.6. The van der Waals surface area contributed by atoms with E-state index in [0.717, 1.165) is 29.6 Å². The number of piperidine rings is 1. The molecule has 0 atom stereocenters. The predicted molar refractivity (Wildman–Crippen MR) is 67.0 cm³/mol. The zero-order valence-electron chi connectivity index (χ0n) is 9.99. The van der Waals surface area contributed by atoms with Gasteiger partial charge in [0.25, 0.3) is 0 Å². The second kappa shape index (κ2) is 3.86. The first kappa shape index (κ1) is 10.8. The van der Waals surface area contributed by atoms with E-state index in [4.69, 9.17) is 4.42 Å². The molecule has 3 heteroatoms. The van der Waals surface area contributed by atoms with Gasteiger partial charge in [-0.25, -0.2) is 0 Å². The van der Waals surface area contributed by atoms with Gasteiger partial charge in [-0.2, -0.15) is 0 Å². The lowest BCUT2D eigenvalue weighted by Gasteiger charge is -2.30. The molecule has 0 unspecified atom stereocenters. The third kappa shape index (κ3) is 1.75. The van der Waals surface area contributed by atoms with Crippen LogP contribution in [0.4, 0.5) is 0 Å². The summed E-state index contributed by atoms with van der Waals surface area (Å²) in [5.74, 6) is 0.711. The van der Waals surface area contributed by atoms with Crippen LogP contribution in [-0.2, 0) is 5.60 Å². The summed E-state index contributed by atoms with van der Waals surface area (Å²) in [5, 5.41) is 14.9. The fraction of sp³-hybridized carbons (Fsp3) is 0.429. The predicted octanol–water partition coefficient (Wildman–Crippen LogP) is 2.31. The van der Waals surface area contributed by atoms with Crippen molar-refractivity contribution in [2.45, 2.75) is 25.4 Å². The molecular formula is C14H17NO2. The van der Waals surface area contributed by atoms with Gasteiger partial charge in [0.05, 0.1) is 0 Å². The molecule has 2 aromatic rings. The minimum atomic E-state index is -0.795. The highest BCUT2D eigenvalue weighted by atomic mass is 16.4. The monoisotopic (exact) mass is 231 g/mol. The third-order valence-corrected chi connectivity index (χ3v) is 3.63. The van der Waals surface area contributed by atoms with Crippen molar-refractivity contribution in [1.82, 2.24) is 5.32 Å². The number of nitrogens with one attached hydrogen (secondary N) is 1. The molecule has 3 rings (SSSR count). The largest absolute Gasteiger partial charge is 0.458 e. The molecule has 1 fully saturated rings. The van der Waals surface area contributed by atoms with E-state index in [2.05, 4.69) is 5.32 Å². The molecule has 2 N–H and O–H groups in total. The maximum absolute atomic E-state index is 10.6. The first-order valence-electron chi connectivity index (χ1n) is 6.12. The summed E-state index contributed by atoms with van der Waals surface area (Å²) >= 11 is 0. The molecule has 0 aliphatic carbocycles. The topological polar surface area (TPSA) is 45.4 Å². The van der Waals surface area contributed by atoms with Crippen molar-refractivity contribution in [2.24, 2.45) is 0 Å². The minimum absolute atomic E-state index is 0.711. The normalized spacial score (nSPS) is 19.6. The Morgan fingerprint density at radius 1 is 1.29 bits per heavy atom. The highest BCUT2D eigenvalue weighted by molar-refractivity contribution is 5.81. The number of hydrogen-bond donors (Lipinski definition) is 2. The van der Waals surface area contributed by atoms with E-state index in [9.17, 15) is 5.11 Å². The van der Waals surface area contributed by atoms with Crippen LogP contribution < -0.4 is 5.32 Å². The van der Waals surface area contributed by atoms with E-state index in [1.165, 1.54) is 0 Å². The molecule has 0 saturated carbocycles. The van der Waals surface area contributed by atoms with Crippen LogP contribution in [0.15, 0.2) is 28.7 Å². The van der Waals surface area contributed by atoms with Crippen LogP contribution in [0.25, 0.3) is 11.0 Å². The van der Waals surface area contributed by atoms with Crippen molar-refractivity contribution >= 4 is 11.0 Å². The Bertz CT molecular complexity index is 538. The number of aliphatic hydroxyl groups is 1. The quantitative estimate of drug-likeness (QED) is 0.791. The highest BCUT2D eigenvalue weighted by Crippen LogP contribution is 2.35. The number of para-hydroxylation sites is 1. The van der Waals surface area contributed by atoms with Crippen LogP contribution in [-0.4, -0.2) is 18.2 Å². The summed E-state index contributed by atoms with van der Waals surface area (Å²) in [5.41, 5.74) is 1.22. The van der Waals surface area contributed by atoms with E-state index < -0.39 is 5.60 Å². The molecule has 1 aromatic carbocycles. The molecule has 0 bridgehead atoms. The lowest BCUT2D eigenvalue weighted by atomic mass is 9.90. The molecular weight excluding hydrogens is 214 g/mol. The molecule has 1 aliphatic rings. The van der Waals surface area contributed by atoms with Crippen LogP contribution in [0.1, 0.15) is 24.2 Å². The summed E-state index contributed by atoms with van der Waals surface area (Å²) in [7, 11) is 0. The van der Waals surface area contributed by atoms with Crippen LogP contribution in [0.3, 0.4) is 0 Å². The average molecular weight is 231 g/mol. The number of benzene rings is 1. The van der Waals surface area contributed by atoms with Crippen molar-refractivity contribution < 1.29 is 9.52 Å². The molecule has 1 saturated heterocycles. The fourth-order valence-corrected chi connectivity index (χ4v) is 2.52. The first-order chi connectivity index (χ1) is 8.19. The van der Waals surface area contributed by atoms with Crippen molar-refractivity contribution in [3.05, 3.63) is 35.6 Å². The summed E-state index contributed by atoms with van der Waals surface area (Å²) in [6.07, 6.45) is 1.43. The number of furan rings is 1. The van der Waals surface area contributed by atoms with Gasteiger partial charge in [0, 0.05) is 5.39 Å². The van der Waals surface area contributed by atoms with Gasteiger partial charge in [0.15, 0.2) is 0 Å². The molecule has 1 aliphatic heterocycles. The zero-order valence-corrected chi connectivity index (χ0v) is 9.99. The van der Waals surface area contributed by atoms with Gasteiger partial charge in [0.2, 0.25) is 0 Å². The second-order valence-electron chi connectivity index (χ2n) is 4.89. The van der Waals surface area contributed by atoms with E-state index in [0.29, 0.717) is 18.6 Å². The van der Waals surface area contributed by atoms with Crippen molar-refractivity contribution in [3.63, 3.8) is 0 Å². The van der Waals surface area contributed by atoms with Crippen molar-refractivity contribution in [2.75, 3.05) is 13.1 Å². The van der Waals surface area contributed by atoms with Gasteiger partial charge >= 0.3 is 0 Å². The van der Waals surface area contributed by atoms with Crippen LogP contribution in [0.5, 0.6) is 0 Å². The van der Waals surface area contributed by atoms with E-state index >= 15 is 0 Å². The Hall–Kier alpha value is -1.32. The Balaban J connectivity index is 2.08. The van der Waals surface area contributed by atoms with E-state index in [1.807, 2.05) is 31.2 Å². The SMILES string of the molecule is Cc1cccc2cc(C3(O)CCNCC3)oc12. The summed E-state index contributed by atoms with van der Waals surface area (Å²) in [6.45, 7) is 3.71. The summed E-state index contributed by atoms with van der Waals surface area (Å²) in [6, 6.07) is 8.05. The smallest absolute Gasteiger partial charge is 0.137 e. The van der Waals surface area contributed by atoms with Gasteiger partial charge in [-0.05, 0) is 44.5 Å². The Morgan fingerprint density at radius 3 is 2.76 bits per heavy atom. The summed E-state index contributed by atoms with van der Waals surface area (Å²) in [4.78, 5) is 0. The highest BCUT2D eigenvalue weighted by Gasteiger charge is 2.34. The maximum Gasteiger partial charge on any atom is 0.137 e. The Labute approximate surface area is 100 Å². The Morgan fingerprint density at radius 2 is 2.06 bits per heavy atom. The van der Waals surface area contributed by atoms with Crippen molar-refractivity contribution in [3.8, 4) is 0 Å². The second-order valence-corrected chi connectivity index (χ2v) is 4.89. The Kier molecular flexibility index (Phi) is 2.45. The fourth-order valence-electron chi connectivity index (χ4n) is 2.52. The van der Waals surface area contributed by atoms with Gasteiger partial charge < -0.3 is 14.8 Å². The number of rotatable bonds is 1. The number of hydrogen-bond acceptors (Lipinski definition) is 3. The van der Waals surface area contributed by atoms with E-state index in [-0.39, 0.29) is 0 Å². The average Bonchev–Trinajstić information content (AvgIpc) is 2.76. The van der Waals surface area contributed by atoms with Crippen molar-refractivity contribution in [1.29, 1.82) is 0 Å². The lowest BCUT2D eigenvalue weighted by molar-refractivity contribution is -0.0124. The zero-order chi connectivity index (χ0) is 11.9. The minimum Gasteiger partial charge on any atom is -0.458 e. The molecule has 90 valence electrons. The molecule has 2 heterocycles. The molecule has 0 radical (unpaired) electrons. The van der Waals surface area contributed by atoms with Gasteiger partial charge in [0.1, 0.15) is 16.9 Å². The van der Waals surface area contributed by atoms with Gasteiger partial charge in [-0.3, -0.25) is 0 Å². The number of aryl methyl sites for hydroxylation is 1. The molecule has 0 amide bonds. The molecule has 0 spiro atoms. The lowest BCUT2D eigenvalue weighted by Crippen LogP contribution is -2.39. The molecule has 3 nitrogen and oxygen atoms in total. The van der Waals surface area contributed by atoms with Crippen LogP contribution in [0, 0.1) is 6.92 Å². The summed E-state index contributed by atoms with van der Waals surface area (Å²) < 4.78 is 5.86. The standard InChI is InChI=1S/C14H17NO2/c1-10-3-2-4-11-9-12(17-13(10)11)14(16)5-7-15-8-6-14/h2-4,9,15-16H,5-8H2,1H3. The van der Waals surface area contributed by atoms with E-state index in [1.54, 1.807) is 0 Å². The first-order valence-corrected chi connectivity index (χ1v) is 6.12. The van der Waals surface area contributed by atoms with Crippen LogP contribution >= 0.6 is 0 Å². The number of fused-ring (bicyclic) bond motifs is 1. The third-order valence-electron chi connectivity index (χ3n) is 3.63. The molecule has 17 heavy (non-hydrogen) atoms. The van der Waals surface area contributed by atoms with Gasteiger partial charge in [-0.1, -0.05) is 18.2 Å². The molecule has 1 aromatic heterocycles. The van der Waals surface area contributed by atoms with Gasteiger partial charge in [-0.15, -0.1) is 0 Å². The van der Waals surface area contributed by atoms with Crippen LogP contribution in [0.2, 0.25) is 0 Å².